The van der Waals surface area contributed by atoms with E-state index in [1.807, 2.05) is 18.2 Å². The van der Waals surface area contributed by atoms with Crippen molar-refractivity contribution in [2.24, 2.45) is 0 Å². The quantitative estimate of drug-likeness (QED) is 0.903. The number of benzene rings is 1. The predicted molar refractivity (Wildman–Crippen MR) is 69.3 cm³/mol. The van der Waals surface area contributed by atoms with Crippen LogP contribution in [0.3, 0.4) is 0 Å². The van der Waals surface area contributed by atoms with Crippen molar-refractivity contribution in [1.29, 1.82) is 0 Å². The van der Waals surface area contributed by atoms with Gasteiger partial charge in [0.25, 0.3) is 0 Å². The molecule has 0 fully saturated rings. The summed E-state index contributed by atoms with van der Waals surface area (Å²) in [5, 5.41) is 13.1. The molecular formula is C14H16N2O2. The van der Waals surface area contributed by atoms with E-state index in [2.05, 4.69) is 25.0 Å². The highest BCUT2D eigenvalue weighted by atomic mass is 16.4. The van der Waals surface area contributed by atoms with Crippen molar-refractivity contribution in [3.63, 3.8) is 0 Å². The Labute approximate surface area is 106 Å². The Kier molecular flexibility index (Phi) is 3.19. The molecule has 0 aliphatic heterocycles. The first-order valence-electron chi connectivity index (χ1n) is 5.89. The van der Waals surface area contributed by atoms with E-state index in [1.54, 1.807) is 17.8 Å². The van der Waals surface area contributed by atoms with Crippen LogP contribution in [-0.2, 0) is 0 Å². The summed E-state index contributed by atoms with van der Waals surface area (Å²) in [5.74, 6) is -0.563. The van der Waals surface area contributed by atoms with Crippen molar-refractivity contribution in [2.45, 2.75) is 26.7 Å². The maximum Gasteiger partial charge on any atom is 0.356 e. The number of hydrogen-bond acceptors (Lipinski definition) is 2. The summed E-state index contributed by atoms with van der Waals surface area (Å²) >= 11 is 0. The van der Waals surface area contributed by atoms with Crippen LogP contribution >= 0.6 is 0 Å². The molecule has 4 nitrogen and oxygen atoms in total. The first-order chi connectivity index (χ1) is 8.49. The minimum absolute atomic E-state index is 0.102. The van der Waals surface area contributed by atoms with E-state index in [0.29, 0.717) is 11.5 Å². The SMILES string of the molecule is Cc1cn(-c2cccc(C(C)C)c2)nc1C(=O)O. The lowest BCUT2D eigenvalue weighted by molar-refractivity contribution is 0.0689. The number of hydrogen-bond donors (Lipinski definition) is 1. The normalized spacial score (nSPS) is 10.9. The van der Waals surface area contributed by atoms with Crippen molar-refractivity contribution in [2.75, 3.05) is 0 Å². The summed E-state index contributed by atoms with van der Waals surface area (Å²) in [4.78, 5) is 11.0. The van der Waals surface area contributed by atoms with E-state index in [-0.39, 0.29) is 5.69 Å². The molecule has 0 radical (unpaired) electrons. The maximum absolute atomic E-state index is 11.0. The number of rotatable bonds is 3. The van der Waals surface area contributed by atoms with Gasteiger partial charge >= 0.3 is 5.97 Å². The molecule has 0 saturated heterocycles. The van der Waals surface area contributed by atoms with Crippen molar-refractivity contribution in [3.8, 4) is 5.69 Å². The molecule has 1 aromatic heterocycles. The Hall–Kier alpha value is -2.10. The number of aryl methyl sites for hydroxylation is 1. The fourth-order valence-electron chi connectivity index (χ4n) is 1.83. The third-order valence-electron chi connectivity index (χ3n) is 2.90. The molecule has 1 N–H and O–H groups in total. The summed E-state index contributed by atoms with van der Waals surface area (Å²) in [7, 11) is 0. The average Bonchev–Trinajstić information content (AvgIpc) is 2.71. The Morgan fingerprint density at radius 2 is 2.11 bits per heavy atom. The number of carboxylic acid groups (broad SMARTS) is 1. The van der Waals surface area contributed by atoms with E-state index < -0.39 is 5.97 Å². The van der Waals surface area contributed by atoms with Crippen LogP contribution < -0.4 is 0 Å². The molecular weight excluding hydrogens is 228 g/mol. The Morgan fingerprint density at radius 3 is 2.67 bits per heavy atom. The second-order valence-corrected chi connectivity index (χ2v) is 4.66. The molecule has 0 amide bonds. The highest BCUT2D eigenvalue weighted by Gasteiger charge is 2.13. The van der Waals surface area contributed by atoms with Crippen molar-refractivity contribution >= 4 is 5.97 Å². The maximum atomic E-state index is 11.0. The van der Waals surface area contributed by atoms with E-state index in [4.69, 9.17) is 5.11 Å². The van der Waals surface area contributed by atoms with Gasteiger partial charge in [-0.25, -0.2) is 9.48 Å². The zero-order valence-corrected chi connectivity index (χ0v) is 10.7. The average molecular weight is 244 g/mol. The standard InChI is InChI=1S/C14H16N2O2/c1-9(2)11-5-4-6-12(7-11)16-8-10(3)13(15-16)14(17)18/h4-9H,1-3H3,(H,17,18). The van der Waals surface area contributed by atoms with Gasteiger partial charge in [-0.3, -0.25) is 0 Å². The van der Waals surface area contributed by atoms with E-state index in [1.165, 1.54) is 5.56 Å². The molecule has 0 bridgehead atoms. The van der Waals surface area contributed by atoms with Crippen LogP contribution in [0.5, 0.6) is 0 Å². The fraction of sp³-hybridized carbons (Fsp3) is 0.286. The van der Waals surface area contributed by atoms with Gasteiger partial charge < -0.3 is 5.11 Å². The van der Waals surface area contributed by atoms with Crippen molar-refractivity contribution in [1.82, 2.24) is 9.78 Å². The third-order valence-corrected chi connectivity index (χ3v) is 2.90. The van der Waals surface area contributed by atoms with Gasteiger partial charge in [0.15, 0.2) is 5.69 Å². The van der Waals surface area contributed by atoms with Crippen LogP contribution in [0.4, 0.5) is 0 Å². The van der Waals surface area contributed by atoms with Crippen molar-refractivity contribution in [3.05, 3.63) is 47.3 Å². The minimum Gasteiger partial charge on any atom is -0.476 e. The zero-order chi connectivity index (χ0) is 13.3. The van der Waals surface area contributed by atoms with Crippen LogP contribution in [0, 0.1) is 6.92 Å². The molecule has 4 heteroatoms. The van der Waals surface area contributed by atoms with Crippen LogP contribution in [0.15, 0.2) is 30.5 Å². The van der Waals surface area contributed by atoms with Crippen molar-refractivity contribution < 1.29 is 9.90 Å². The minimum atomic E-state index is -0.994. The lowest BCUT2D eigenvalue weighted by atomic mass is 10.0. The second-order valence-electron chi connectivity index (χ2n) is 4.66. The van der Waals surface area contributed by atoms with Crippen LogP contribution in [0.1, 0.15) is 41.4 Å². The van der Waals surface area contributed by atoms with Gasteiger partial charge in [0, 0.05) is 11.8 Å². The van der Waals surface area contributed by atoms with Gasteiger partial charge in [-0.2, -0.15) is 5.10 Å². The fourth-order valence-corrected chi connectivity index (χ4v) is 1.83. The van der Waals surface area contributed by atoms with Crippen LogP contribution in [0.2, 0.25) is 0 Å². The highest BCUT2D eigenvalue weighted by Crippen LogP contribution is 2.18. The molecule has 0 aliphatic rings. The number of aromatic nitrogens is 2. The Balaban J connectivity index is 2.45. The smallest absolute Gasteiger partial charge is 0.356 e. The van der Waals surface area contributed by atoms with Gasteiger partial charge in [0.2, 0.25) is 0 Å². The van der Waals surface area contributed by atoms with Gasteiger partial charge in [-0.05, 0) is 30.5 Å². The summed E-state index contributed by atoms with van der Waals surface area (Å²) in [5.41, 5.74) is 2.86. The Bertz CT molecular complexity index is 585. The Morgan fingerprint density at radius 1 is 1.39 bits per heavy atom. The van der Waals surface area contributed by atoms with Gasteiger partial charge in [0.05, 0.1) is 5.69 Å². The first kappa shape index (κ1) is 12.4. The van der Waals surface area contributed by atoms with Gasteiger partial charge in [-0.15, -0.1) is 0 Å². The second kappa shape index (κ2) is 4.64. The molecule has 0 spiro atoms. The zero-order valence-electron chi connectivity index (χ0n) is 10.7. The monoisotopic (exact) mass is 244 g/mol. The molecule has 0 aliphatic carbocycles. The number of carbonyl (C=O) groups is 1. The van der Waals surface area contributed by atoms with E-state index in [9.17, 15) is 4.79 Å². The third kappa shape index (κ3) is 2.27. The lowest BCUT2D eigenvalue weighted by Gasteiger charge is -2.07. The van der Waals surface area contributed by atoms with E-state index in [0.717, 1.165) is 5.69 Å². The first-order valence-corrected chi connectivity index (χ1v) is 5.89. The molecule has 0 atom stereocenters. The molecule has 1 heterocycles. The number of nitrogens with zero attached hydrogens (tertiary/aromatic N) is 2. The number of aromatic carboxylic acids is 1. The lowest BCUT2D eigenvalue weighted by Crippen LogP contribution is -2.02. The van der Waals surface area contributed by atoms with Gasteiger partial charge in [-0.1, -0.05) is 26.0 Å². The topological polar surface area (TPSA) is 55.1 Å². The predicted octanol–water partition coefficient (Wildman–Crippen LogP) is 3.00. The van der Waals surface area contributed by atoms with Crippen LogP contribution in [-0.4, -0.2) is 20.9 Å². The van der Waals surface area contributed by atoms with Gasteiger partial charge in [0.1, 0.15) is 0 Å². The highest BCUT2D eigenvalue weighted by molar-refractivity contribution is 5.86. The molecule has 0 unspecified atom stereocenters. The molecule has 18 heavy (non-hydrogen) atoms. The number of carboxylic acids is 1. The molecule has 2 aromatic rings. The summed E-state index contributed by atoms with van der Waals surface area (Å²) in [6, 6.07) is 7.97. The van der Waals surface area contributed by atoms with E-state index >= 15 is 0 Å². The summed E-state index contributed by atoms with van der Waals surface area (Å²) < 4.78 is 1.62. The molecule has 94 valence electrons. The summed E-state index contributed by atoms with van der Waals surface area (Å²) in [6.07, 6.45) is 1.74. The van der Waals surface area contributed by atoms with Crippen LogP contribution in [0.25, 0.3) is 5.69 Å². The summed E-state index contributed by atoms with van der Waals surface area (Å²) in [6.45, 7) is 5.99. The molecule has 1 aromatic carbocycles. The largest absolute Gasteiger partial charge is 0.476 e. The molecule has 0 saturated carbocycles. The molecule has 2 rings (SSSR count).